The van der Waals surface area contributed by atoms with E-state index in [1.165, 1.54) is 12.1 Å². The molecule has 0 radical (unpaired) electrons. The number of ether oxygens (including phenoxy) is 1. The van der Waals surface area contributed by atoms with Gasteiger partial charge in [-0.05, 0) is 12.5 Å². The number of carboxylic acids is 1. The van der Waals surface area contributed by atoms with E-state index >= 15 is 0 Å². The molecule has 0 saturated heterocycles. The lowest BCUT2D eigenvalue weighted by Crippen LogP contribution is -2.25. The minimum atomic E-state index is -1.21. The molecule has 1 atom stereocenters. The van der Waals surface area contributed by atoms with E-state index in [2.05, 4.69) is 5.32 Å². The van der Waals surface area contributed by atoms with Gasteiger partial charge in [0, 0.05) is 31.0 Å². The summed E-state index contributed by atoms with van der Waals surface area (Å²) in [5.74, 6) is -1.21. The predicted molar refractivity (Wildman–Crippen MR) is 69.6 cm³/mol. The third-order valence-electron chi connectivity index (χ3n) is 2.66. The van der Waals surface area contributed by atoms with Gasteiger partial charge >= 0.3 is 5.97 Å². The van der Waals surface area contributed by atoms with E-state index in [4.69, 9.17) is 9.84 Å². The average molecular weight is 268 g/mol. The van der Waals surface area contributed by atoms with Crippen molar-refractivity contribution in [2.24, 2.45) is 0 Å². The molecule has 2 N–H and O–H groups in total. The van der Waals surface area contributed by atoms with Gasteiger partial charge in [-0.3, -0.25) is 10.1 Å². The fourth-order valence-electron chi connectivity index (χ4n) is 1.63. The molecule has 0 bridgehead atoms. The third kappa shape index (κ3) is 3.92. The molecule has 19 heavy (non-hydrogen) atoms. The summed E-state index contributed by atoms with van der Waals surface area (Å²) in [6.45, 7) is 2.36. The van der Waals surface area contributed by atoms with Crippen LogP contribution in [0.5, 0.6) is 0 Å². The van der Waals surface area contributed by atoms with Crippen LogP contribution in [0.3, 0.4) is 0 Å². The molecule has 7 heteroatoms. The molecule has 1 aromatic rings. The Kier molecular flexibility index (Phi) is 5.25. The van der Waals surface area contributed by atoms with Crippen LogP contribution in [0, 0.1) is 10.1 Å². The molecule has 0 fully saturated rings. The maximum absolute atomic E-state index is 11.1. The summed E-state index contributed by atoms with van der Waals surface area (Å²) in [4.78, 5) is 21.1. The average Bonchev–Trinajstić information content (AvgIpc) is 2.37. The van der Waals surface area contributed by atoms with Crippen LogP contribution >= 0.6 is 0 Å². The van der Waals surface area contributed by atoms with Gasteiger partial charge < -0.3 is 15.2 Å². The number of carboxylic acid groups (broad SMARTS) is 1. The van der Waals surface area contributed by atoms with Crippen molar-refractivity contribution in [2.75, 3.05) is 19.0 Å². The lowest BCUT2D eigenvalue weighted by molar-refractivity contribution is -0.384. The highest BCUT2D eigenvalue weighted by Crippen LogP contribution is 2.23. The van der Waals surface area contributed by atoms with Crippen molar-refractivity contribution in [2.45, 2.75) is 19.4 Å². The zero-order valence-electron chi connectivity index (χ0n) is 10.8. The van der Waals surface area contributed by atoms with Gasteiger partial charge in [-0.15, -0.1) is 0 Å². The number of rotatable bonds is 7. The predicted octanol–water partition coefficient (Wildman–Crippen LogP) is 2.13. The molecule has 0 aromatic heterocycles. The standard InChI is InChI=1S/C12H16N2O5/c1-3-8(7-19-2)13-11-5-4-9(14(17)18)6-10(11)12(15)16/h4-6,8,13H,3,7H2,1-2H3,(H,15,16). The van der Waals surface area contributed by atoms with Crippen LogP contribution in [0.2, 0.25) is 0 Å². The number of anilines is 1. The first-order chi connectivity index (χ1) is 8.99. The lowest BCUT2D eigenvalue weighted by Gasteiger charge is -2.18. The molecule has 0 amide bonds. The van der Waals surface area contributed by atoms with Gasteiger partial charge in [0.1, 0.15) is 0 Å². The van der Waals surface area contributed by atoms with Crippen LogP contribution in [0.15, 0.2) is 18.2 Å². The monoisotopic (exact) mass is 268 g/mol. The number of carbonyl (C=O) groups is 1. The molecular formula is C12H16N2O5. The quantitative estimate of drug-likeness (QED) is 0.580. The first kappa shape index (κ1) is 14.9. The Labute approximate surface area is 110 Å². The van der Waals surface area contributed by atoms with Crippen molar-refractivity contribution < 1.29 is 19.6 Å². The Bertz CT molecular complexity index is 475. The summed E-state index contributed by atoms with van der Waals surface area (Å²) < 4.78 is 5.01. The Morgan fingerprint density at radius 2 is 2.26 bits per heavy atom. The summed E-state index contributed by atoms with van der Waals surface area (Å²) in [6, 6.07) is 3.67. The van der Waals surface area contributed by atoms with Gasteiger partial charge in [0.25, 0.3) is 5.69 Å². The minimum Gasteiger partial charge on any atom is -0.478 e. The van der Waals surface area contributed by atoms with Crippen molar-refractivity contribution in [3.63, 3.8) is 0 Å². The van der Waals surface area contributed by atoms with Crippen LogP contribution in [0.1, 0.15) is 23.7 Å². The van der Waals surface area contributed by atoms with Crippen LogP contribution in [-0.4, -0.2) is 35.8 Å². The van der Waals surface area contributed by atoms with Crippen LogP contribution in [0.25, 0.3) is 0 Å². The van der Waals surface area contributed by atoms with Gasteiger partial charge in [0.05, 0.1) is 17.1 Å². The first-order valence-electron chi connectivity index (χ1n) is 5.76. The summed E-state index contributed by atoms with van der Waals surface area (Å²) in [5.41, 5.74) is -0.0199. The van der Waals surface area contributed by atoms with E-state index in [-0.39, 0.29) is 17.3 Å². The second-order valence-corrected chi connectivity index (χ2v) is 4.00. The molecular weight excluding hydrogens is 252 g/mol. The normalized spacial score (nSPS) is 11.9. The Hall–Kier alpha value is -2.15. The van der Waals surface area contributed by atoms with Crippen molar-refractivity contribution in [3.8, 4) is 0 Å². The summed E-state index contributed by atoms with van der Waals surface area (Å²) in [6.07, 6.45) is 0.740. The largest absolute Gasteiger partial charge is 0.478 e. The molecule has 1 aromatic carbocycles. The molecule has 0 saturated carbocycles. The van der Waals surface area contributed by atoms with Crippen LogP contribution < -0.4 is 5.32 Å². The zero-order valence-corrected chi connectivity index (χ0v) is 10.8. The number of non-ortho nitro benzene ring substituents is 1. The number of benzene rings is 1. The number of nitro groups is 1. The maximum atomic E-state index is 11.1. The van der Waals surface area contributed by atoms with Crippen molar-refractivity contribution >= 4 is 17.3 Å². The second kappa shape index (κ2) is 6.69. The third-order valence-corrected chi connectivity index (χ3v) is 2.66. The molecule has 0 spiro atoms. The SMILES string of the molecule is CCC(COC)Nc1ccc([N+](=O)[O-])cc1C(=O)O. The molecule has 1 rings (SSSR count). The maximum Gasteiger partial charge on any atom is 0.338 e. The molecule has 0 heterocycles. The highest BCUT2D eigenvalue weighted by Gasteiger charge is 2.17. The number of aromatic carboxylic acids is 1. The molecule has 0 aliphatic heterocycles. The van der Waals surface area contributed by atoms with Gasteiger partial charge in [-0.1, -0.05) is 6.92 Å². The van der Waals surface area contributed by atoms with E-state index in [1.807, 2.05) is 6.92 Å². The van der Waals surface area contributed by atoms with E-state index in [0.29, 0.717) is 12.3 Å². The topological polar surface area (TPSA) is 102 Å². The number of nitrogens with one attached hydrogen (secondary N) is 1. The summed E-state index contributed by atoms with van der Waals surface area (Å²) in [7, 11) is 1.55. The Balaban J connectivity index is 3.06. The van der Waals surface area contributed by atoms with E-state index in [0.717, 1.165) is 12.5 Å². The van der Waals surface area contributed by atoms with E-state index in [9.17, 15) is 14.9 Å². The van der Waals surface area contributed by atoms with Gasteiger partial charge in [0.15, 0.2) is 0 Å². The van der Waals surface area contributed by atoms with Gasteiger partial charge in [-0.25, -0.2) is 4.79 Å². The lowest BCUT2D eigenvalue weighted by atomic mass is 10.1. The van der Waals surface area contributed by atoms with Gasteiger partial charge in [-0.2, -0.15) is 0 Å². The Morgan fingerprint density at radius 1 is 1.58 bits per heavy atom. The summed E-state index contributed by atoms with van der Waals surface area (Å²) >= 11 is 0. The number of nitro benzene ring substituents is 1. The fourth-order valence-corrected chi connectivity index (χ4v) is 1.63. The van der Waals surface area contributed by atoms with Crippen molar-refractivity contribution in [1.29, 1.82) is 0 Å². The zero-order chi connectivity index (χ0) is 14.4. The highest BCUT2D eigenvalue weighted by molar-refractivity contribution is 5.95. The minimum absolute atomic E-state index is 0.0513. The van der Waals surface area contributed by atoms with Crippen molar-refractivity contribution in [3.05, 3.63) is 33.9 Å². The molecule has 0 aliphatic rings. The number of hydrogen-bond donors (Lipinski definition) is 2. The smallest absolute Gasteiger partial charge is 0.338 e. The fraction of sp³-hybridized carbons (Fsp3) is 0.417. The highest BCUT2D eigenvalue weighted by atomic mass is 16.6. The molecule has 1 unspecified atom stereocenters. The van der Waals surface area contributed by atoms with Gasteiger partial charge in [0.2, 0.25) is 0 Å². The van der Waals surface area contributed by atoms with Crippen LogP contribution in [-0.2, 0) is 4.74 Å². The molecule has 0 aliphatic carbocycles. The first-order valence-corrected chi connectivity index (χ1v) is 5.76. The molecule has 104 valence electrons. The number of hydrogen-bond acceptors (Lipinski definition) is 5. The summed E-state index contributed by atoms with van der Waals surface area (Å²) in [5, 5.41) is 22.8. The van der Waals surface area contributed by atoms with E-state index < -0.39 is 10.9 Å². The van der Waals surface area contributed by atoms with Crippen molar-refractivity contribution in [1.82, 2.24) is 0 Å². The number of methoxy groups -OCH3 is 1. The second-order valence-electron chi connectivity index (χ2n) is 4.00. The molecule has 7 nitrogen and oxygen atoms in total. The Morgan fingerprint density at radius 3 is 2.74 bits per heavy atom. The van der Waals surface area contributed by atoms with E-state index in [1.54, 1.807) is 7.11 Å². The van der Waals surface area contributed by atoms with Crippen LogP contribution in [0.4, 0.5) is 11.4 Å². The number of nitrogens with zero attached hydrogens (tertiary/aromatic N) is 1.